The van der Waals surface area contributed by atoms with Crippen molar-refractivity contribution in [2.24, 2.45) is 10.2 Å². The molecule has 1 heterocycles. The Bertz CT molecular complexity index is 1910. The van der Waals surface area contributed by atoms with Gasteiger partial charge in [-0.25, -0.2) is 0 Å². The second kappa shape index (κ2) is 12.4. The van der Waals surface area contributed by atoms with Gasteiger partial charge in [0.25, 0.3) is 22.7 Å². The van der Waals surface area contributed by atoms with Crippen LogP contribution < -0.4 is 4.85 Å². The van der Waals surface area contributed by atoms with E-state index in [2.05, 4.69) is 20.5 Å². The van der Waals surface area contributed by atoms with Gasteiger partial charge in [0.1, 0.15) is 5.02 Å². The number of aromatic nitrogens is 3. The maximum Gasteiger partial charge on any atom is 0.297 e. The number of rotatable bonds is 7. The van der Waals surface area contributed by atoms with Crippen molar-refractivity contribution < 1.29 is 24.5 Å². The van der Waals surface area contributed by atoms with E-state index in [0.717, 1.165) is 30.3 Å². The first-order valence-corrected chi connectivity index (χ1v) is 11.9. The molecule has 18 nitrogen and oxygen atoms in total. The number of nitrogens with one attached hydrogen (secondary N) is 1. The van der Waals surface area contributed by atoms with Crippen LogP contribution in [-0.4, -0.2) is 30.0 Å². The SMILES string of the molecule is O=[N+]([O-])c1cc(-c2ccc(N=Nc3ccc(Cl)c([N+](=O)[O-])c3)c([N+](=O)[O-])c2)cc([N+](=O)[O-])c1.[O-][n+]1[nH]nc2ccccc21. The summed E-state index contributed by atoms with van der Waals surface area (Å²) in [7, 11) is 0. The second-order valence-corrected chi connectivity index (χ2v) is 8.71. The summed E-state index contributed by atoms with van der Waals surface area (Å²) >= 11 is 5.72. The van der Waals surface area contributed by atoms with Crippen LogP contribution >= 0.6 is 11.6 Å². The van der Waals surface area contributed by atoms with Gasteiger partial charge in [-0.1, -0.05) is 35.0 Å². The molecule has 0 aliphatic rings. The number of nitro benzene ring substituents is 4. The molecule has 5 aromatic rings. The van der Waals surface area contributed by atoms with E-state index in [1.807, 2.05) is 6.07 Å². The number of non-ortho nitro benzene ring substituents is 2. The minimum absolute atomic E-state index is 0.0100. The molecule has 4 aromatic carbocycles. The lowest BCUT2D eigenvalue weighted by molar-refractivity contribution is -0.644. The van der Waals surface area contributed by atoms with E-state index in [1.165, 1.54) is 24.3 Å². The molecule has 0 saturated carbocycles. The summed E-state index contributed by atoms with van der Waals surface area (Å²) in [5.41, 5.74) is -0.936. The highest BCUT2D eigenvalue weighted by Gasteiger charge is 2.21. The summed E-state index contributed by atoms with van der Waals surface area (Å²) in [4.78, 5) is 42.2. The topological polar surface area (TPSA) is 253 Å². The van der Waals surface area contributed by atoms with Crippen molar-refractivity contribution in [2.45, 2.75) is 0 Å². The number of azo groups is 1. The van der Waals surface area contributed by atoms with Crippen molar-refractivity contribution in [2.75, 3.05) is 0 Å². The minimum Gasteiger partial charge on any atom is -0.692 e. The number of H-pyrrole nitrogens is 1. The second-order valence-electron chi connectivity index (χ2n) is 8.30. The zero-order valence-corrected chi connectivity index (χ0v) is 21.9. The van der Waals surface area contributed by atoms with Gasteiger partial charge in [-0.15, -0.1) is 5.11 Å². The Morgan fingerprint density at radius 2 is 1.35 bits per heavy atom. The van der Waals surface area contributed by atoms with Crippen LogP contribution in [0.25, 0.3) is 22.2 Å². The average Bonchev–Trinajstić information content (AvgIpc) is 3.37. The van der Waals surface area contributed by atoms with Gasteiger partial charge in [0, 0.05) is 29.4 Å². The molecule has 5 rings (SSSR count). The van der Waals surface area contributed by atoms with E-state index in [9.17, 15) is 45.7 Å². The van der Waals surface area contributed by atoms with Gasteiger partial charge in [-0.3, -0.25) is 40.5 Å². The van der Waals surface area contributed by atoms with Gasteiger partial charge in [0.2, 0.25) is 11.0 Å². The van der Waals surface area contributed by atoms with Crippen LogP contribution in [0.4, 0.5) is 34.1 Å². The summed E-state index contributed by atoms with van der Waals surface area (Å²) in [6.45, 7) is 0. The summed E-state index contributed by atoms with van der Waals surface area (Å²) in [5.74, 6) is 0. The molecular formula is C24H14ClN9O9. The van der Waals surface area contributed by atoms with Crippen LogP contribution in [-0.2, 0) is 0 Å². The van der Waals surface area contributed by atoms with Gasteiger partial charge < -0.3 is 5.21 Å². The van der Waals surface area contributed by atoms with Crippen LogP contribution in [0.2, 0.25) is 5.02 Å². The first-order valence-electron chi connectivity index (χ1n) is 11.6. The summed E-state index contributed by atoms with van der Waals surface area (Å²) < 4.78 is 0. The fourth-order valence-electron chi connectivity index (χ4n) is 3.60. The lowest BCUT2D eigenvalue weighted by Crippen LogP contribution is -2.27. The molecule has 0 atom stereocenters. The fraction of sp³-hybridized carbons (Fsp3) is 0. The largest absolute Gasteiger partial charge is 0.692 e. The molecule has 0 fully saturated rings. The number of benzene rings is 4. The maximum atomic E-state index is 11.5. The summed E-state index contributed by atoms with van der Waals surface area (Å²) in [5, 5.41) is 68.9. The maximum absolute atomic E-state index is 11.5. The lowest BCUT2D eigenvalue weighted by Gasteiger charge is -2.04. The predicted octanol–water partition coefficient (Wildman–Crippen LogP) is 6.25. The molecule has 0 amide bonds. The number of para-hydroxylation sites is 2. The Balaban J connectivity index is 0.000000353. The molecule has 0 radical (unpaired) electrons. The number of nitro groups is 4. The molecule has 1 aromatic heterocycles. The predicted molar refractivity (Wildman–Crippen MR) is 149 cm³/mol. The van der Waals surface area contributed by atoms with Crippen LogP contribution in [0.5, 0.6) is 0 Å². The van der Waals surface area contributed by atoms with Crippen LogP contribution in [0.15, 0.2) is 89.1 Å². The Morgan fingerprint density at radius 1 is 0.698 bits per heavy atom. The molecule has 0 bridgehead atoms. The van der Waals surface area contributed by atoms with Crippen LogP contribution in [0.1, 0.15) is 0 Å². The summed E-state index contributed by atoms with van der Waals surface area (Å²) in [6, 6.07) is 17.1. The molecule has 1 N–H and O–H groups in total. The van der Waals surface area contributed by atoms with E-state index >= 15 is 0 Å². The van der Waals surface area contributed by atoms with Gasteiger partial charge in [0.05, 0.1) is 31.4 Å². The van der Waals surface area contributed by atoms with Crippen molar-refractivity contribution in [3.63, 3.8) is 0 Å². The Labute approximate surface area is 242 Å². The molecule has 0 saturated heterocycles. The third kappa shape index (κ3) is 6.84. The molecule has 216 valence electrons. The number of halogens is 1. The monoisotopic (exact) mass is 607 g/mol. The third-order valence-electron chi connectivity index (χ3n) is 5.59. The number of fused-ring (bicyclic) bond motifs is 1. The number of aromatic amines is 1. The highest BCUT2D eigenvalue weighted by atomic mass is 35.5. The van der Waals surface area contributed by atoms with Crippen LogP contribution in [0, 0.1) is 45.7 Å². The molecule has 0 aliphatic carbocycles. The Morgan fingerprint density at radius 3 is 1.95 bits per heavy atom. The number of hydrogen-bond acceptors (Lipinski definition) is 12. The Kier molecular flexibility index (Phi) is 8.52. The van der Waals surface area contributed by atoms with E-state index in [1.54, 1.807) is 18.2 Å². The highest BCUT2D eigenvalue weighted by Crippen LogP contribution is 2.37. The van der Waals surface area contributed by atoms with Crippen molar-refractivity contribution in [3.8, 4) is 11.1 Å². The molecule has 0 unspecified atom stereocenters. The highest BCUT2D eigenvalue weighted by molar-refractivity contribution is 6.32. The first-order chi connectivity index (χ1) is 20.4. The zero-order valence-electron chi connectivity index (χ0n) is 21.1. The van der Waals surface area contributed by atoms with Gasteiger partial charge in [0.15, 0.2) is 5.69 Å². The quantitative estimate of drug-likeness (QED) is 0.0714. The van der Waals surface area contributed by atoms with E-state index in [0.29, 0.717) is 15.9 Å². The van der Waals surface area contributed by atoms with Gasteiger partial charge in [-0.2, -0.15) is 9.96 Å². The molecular weight excluding hydrogens is 594 g/mol. The third-order valence-corrected chi connectivity index (χ3v) is 5.91. The van der Waals surface area contributed by atoms with E-state index in [4.69, 9.17) is 11.6 Å². The Hall–Kier alpha value is -6.43. The van der Waals surface area contributed by atoms with Crippen molar-refractivity contribution in [1.29, 1.82) is 0 Å². The first kappa shape index (κ1) is 29.6. The average molecular weight is 608 g/mol. The summed E-state index contributed by atoms with van der Waals surface area (Å²) in [6.07, 6.45) is 0. The lowest BCUT2D eigenvalue weighted by atomic mass is 10.0. The zero-order chi connectivity index (χ0) is 31.3. The smallest absolute Gasteiger partial charge is 0.297 e. The normalized spacial score (nSPS) is 10.7. The van der Waals surface area contributed by atoms with Gasteiger partial charge >= 0.3 is 0 Å². The van der Waals surface area contributed by atoms with Crippen molar-refractivity contribution >= 4 is 56.8 Å². The number of nitrogens with zero attached hydrogens (tertiary/aromatic N) is 8. The van der Waals surface area contributed by atoms with Gasteiger partial charge in [-0.05, 0) is 41.5 Å². The molecule has 0 aliphatic heterocycles. The minimum atomic E-state index is -0.821. The van der Waals surface area contributed by atoms with E-state index in [-0.39, 0.29) is 27.5 Å². The van der Waals surface area contributed by atoms with Crippen molar-refractivity contribution in [1.82, 2.24) is 10.3 Å². The van der Waals surface area contributed by atoms with Crippen LogP contribution in [0.3, 0.4) is 0 Å². The fourth-order valence-corrected chi connectivity index (χ4v) is 3.79. The standard InChI is InChI=1S/C18H9ClN6O8.C6H5N3O/c19-15-3-2-12(8-17(15)24(30)31)20-21-16-4-1-10(7-18(16)25(32)33)11-5-13(22(26)27)9-14(6-11)23(28)29;10-9-6-4-2-1-3-5(6)7-8-9/h1-9H;1-4,8H. The molecule has 19 heteroatoms. The molecule has 43 heavy (non-hydrogen) atoms. The number of hydrogen-bond donors (Lipinski definition) is 1. The molecule has 0 spiro atoms. The van der Waals surface area contributed by atoms with Crippen molar-refractivity contribution in [3.05, 3.63) is 130 Å². The van der Waals surface area contributed by atoms with E-state index < -0.39 is 42.4 Å².